The van der Waals surface area contributed by atoms with Crippen molar-refractivity contribution in [3.8, 4) is 0 Å². The average molecular weight is 167 g/mol. The molecule has 1 saturated heterocycles. The molecule has 1 fully saturated rings. The Kier molecular flexibility index (Phi) is 5.09. The molecule has 1 N–H and O–H groups in total. The summed E-state index contributed by atoms with van der Waals surface area (Å²) in [5.74, 6) is 0. The summed E-state index contributed by atoms with van der Waals surface area (Å²) in [5, 5.41) is 3.52. The quantitative estimate of drug-likeness (QED) is 0.592. The second-order valence-corrected chi connectivity index (χ2v) is 3.71. The lowest BCUT2D eigenvalue weighted by Gasteiger charge is -2.16. The molecular weight excluding hydrogens is 146 g/mol. The zero-order valence-electron chi connectivity index (χ0n) is 8.02. The maximum Gasteiger partial charge on any atom is 0.0247 e. The van der Waals surface area contributed by atoms with Gasteiger partial charge in [0.05, 0.1) is 0 Å². The van der Waals surface area contributed by atoms with Gasteiger partial charge in [-0.05, 0) is 19.4 Å². The Morgan fingerprint density at radius 2 is 1.67 bits per heavy atom. The van der Waals surface area contributed by atoms with Crippen LogP contribution in [-0.4, -0.2) is 12.6 Å². The smallest absolute Gasteiger partial charge is 0.0247 e. The summed E-state index contributed by atoms with van der Waals surface area (Å²) in [6, 6.07) is 0.572. The first-order chi connectivity index (χ1) is 5.93. The van der Waals surface area contributed by atoms with Gasteiger partial charge in [0, 0.05) is 6.04 Å². The highest BCUT2D eigenvalue weighted by molar-refractivity contribution is 4.85. The molecular formula is C11H21N. The molecule has 1 nitrogen and oxygen atoms in total. The Morgan fingerprint density at radius 3 is 2.42 bits per heavy atom. The van der Waals surface area contributed by atoms with E-state index in [9.17, 15) is 0 Å². The predicted octanol–water partition coefficient (Wildman–Crippen LogP) is 2.87. The van der Waals surface area contributed by atoms with Gasteiger partial charge in [-0.25, -0.2) is 0 Å². The van der Waals surface area contributed by atoms with Crippen molar-refractivity contribution in [3.05, 3.63) is 12.7 Å². The molecule has 70 valence electrons. The lowest BCUT2D eigenvalue weighted by Crippen LogP contribution is -2.28. The summed E-state index contributed by atoms with van der Waals surface area (Å²) in [4.78, 5) is 0. The Labute approximate surface area is 76.2 Å². The number of nitrogens with one attached hydrogen (secondary N) is 1. The summed E-state index contributed by atoms with van der Waals surface area (Å²) in [7, 11) is 0. The third-order valence-corrected chi connectivity index (χ3v) is 2.63. The number of rotatable bonds is 1. The molecule has 1 rings (SSSR count). The lowest BCUT2D eigenvalue weighted by atomic mass is 10.0. The fourth-order valence-electron chi connectivity index (χ4n) is 1.79. The molecule has 1 heteroatoms. The SMILES string of the molecule is C=CC1CCCCCCCCN1. The van der Waals surface area contributed by atoms with E-state index in [1.54, 1.807) is 0 Å². The van der Waals surface area contributed by atoms with Crippen LogP contribution in [0.25, 0.3) is 0 Å². The first-order valence-corrected chi connectivity index (χ1v) is 5.29. The molecule has 1 unspecified atom stereocenters. The molecule has 1 atom stereocenters. The van der Waals surface area contributed by atoms with E-state index in [1.807, 2.05) is 0 Å². The van der Waals surface area contributed by atoms with Gasteiger partial charge in [-0.3, -0.25) is 0 Å². The van der Waals surface area contributed by atoms with Crippen molar-refractivity contribution in [1.29, 1.82) is 0 Å². The molecule has 0 amide bonds. The molecule has 0 aromatic heterocycles. The van der Waals surface area contributed by atoms with Crippen molar-refractivity contribution in [1.82, 2.24) is 5.32 Å². The van der Waals surface area contributed by atoms with Crippen LogP contribution in [0.15, 0.2) is 12.7 Å². The van der Waals surface area contributed by atoms with Gasteiger partial charge in [-0.1, -0.05) is 38.2 Å². The highest BCUT2D eigenvalue weighted by Crippen LogP contribution is 2.11. The molecule has 1 aliphatic heterocycles. The Balaban J connectivity index is 2.21. The van der Waals surface area contributed by atoms with Crippen molar-refractivity contribution in [2.45, 2.75) is 51.0 Å². The minimum absolute atomic E-state index is 0.572. The van der Waals surface area contributed by atoms with Crippen LogP contribution in [0.4, 0.5) is 0 Å². The minimum atomic E-state index is 0.572. The van der Waals surface area contributed by atoms with E-state index in [4.69, 9.17) is 0 Å². The predicted molar refractivity (Wildman–Crippen MR) is 54.3 cm³/mol. The van der Waals surface area contributed by atoms with E-state index in [1.165, 1.54) is 51.5 Å². The second-order valence-electron chi connectivity index (χ2n) is 3.71. The molecule has 0 aromatic rings. The van der Waals surface area contributed by atoms with Crippen molar-refractivity contribution < 1.29 is 0 Å². The second kappa shape index (κ2) is 6.24. The molecule has 12 heavy (non-hydrogen) atoms. The van der Waals surface area contributed by atoms with Crippen molar-refractivity contribution >= 4 is 0 Å². The molecule has 0 spiro atoms. The van der Waals surface area contributed by atoms with Gasteiger partial charge in [0.25, 0.3) is 0 Å². The molecule has 0 aromatic carbocycles. The Hall–Kier alpha value is -0.300. The van der Waals surface area contributed by atoms with Crippen LogP contribution in [0.3, 0.4) is 0 Å². The van der Waals surface area contributed by atoms with Gasteiger partial charge in [0.1, 0.15) is 0 Å². The van der Waals surface area contributed by atoms with E-state index < -0.39 is 0 Å². The highest BCUT2D eigenvalue weighted by Gasteiger charge is 2.04. The normalized spacial score (nSPS) is 27.8. The molecule has 0 radical (unpaired) electrons. The zero-order chi connectivity index (χ0) is 8.65. The van der Waals surface area contributed by atoms with Gasteiger partial charge >= 0.3 is 0 Å². The maximum absolute atomic E-state index is 3.85. The maximum atomic E-state index is 3.85. The summed E-state index contributed by atoms with van der Waals surface area (Å²) in [6.45, 7) is 5.03. The molecule has 0 bridgehead atoms. The number of hydrogen-bond donors (Lipinski definition) is 1. The Bertz CT molecular complexity index is 110. The van der Waals surface area contributed by atoms with Crippen LogP contribution in [0.1, 0.15) is 44.9 Å². The summed E-state index contributed by atoms with van der Waals surface area (Å²) < 4.78 is 0. The van der Waals surface area contributed by atoms with E-state index in [0.29, 0.717) is 6.04 Å². The summed E-state index contributed by atoms with van der Waals surface area (Å²) >= 11 is 0. The van der Waals surface area contributed by atoms with Gasteiger partial charge in [-0.2, -0.15) is 0 Å². The largest absolute Gasteiger partial charge is 0.311 e. The Morgan fingerprint density at radius 1 is 1.00 bits per heavy atom. The van der Waals surface area contributed by atoms with Gasteiger partial charge in [0.15, 0.2) is 0 Å². The van der Waals surface area contributed by atoms with Crippen molar-refractivity contribution in [2.24, 2.45) is 0 Å². The van der Waals surface area contributed by atoms with E-state index in [-0.39, 0.29) is 0 Å². The number of hydrogen-bond acceptors (Lipinski definition) is 1. The van der Waals surface area contributed by atoms with E-state index >= 15 is 0 Å². The molecule has 1 aliphatic rings. The summed E-state index contributed by atoms with van der Waals surface area (Å²) in [6.07, 6.45) is 11.7. The van der Waals surface area contributed by atoms with Crippen LogP contribution in [0, 0.1) is 0 Å². The average Bonchev–Trinajstić information content (AvgIpc) is 2.14. The third-order valence-electron chi connectivity index (χ3n) is 2.63. The zero-order valence-corrected chi connectivity index (χ0v) is 8.02. The fourth-order valence-corrected chi connectivity index (χ4v) is 1.79. The van der Waals surface area contributed by atoms with Crippen molar-refractivity contribution in [3.63, 3.8) is 0 Å². The van der Waals surface area contributed by atoms with Crippen molar-refractivity contribution in [2.75, 3.05) is 6.54 Å². The summed E-state index contributed by atoms with van der Waals surface area (Å²) in [5.41, 5.74) is 0. The van der Waals surface area contributed by atoms with Gasteiger partial charge < -0.3 is 5.32 Å². The monoisotopic (exact) mass is 167 g/mol. The van der Waals surface area contributed by atoms with E-state index in [2.05, 4.69) is 18.0 Å². The third kappa shape index (κ3) is 3.91. The fraction of sp³-hybridized carbons (Fsp3) is 0.818. The first kappa shape index (κ1) is 9.79. The van der Waals surface area contributed by atoms with Crippen LogP contribution in [0.2, 0.25) is 0 Å². The molecule has 1 heterocycles. The van der Waals surface area contributed by atoms with Crippen LogP contribution < -0.4 is 5.32 Å². The molecule has 0 saturated carbocycles. The lowest BCUT2D eigenvalue weighted by molar-refractivity contribution is 0.470. The molecule has 0 aliphatic carbocycles. The van der Waals surface area contributed by atoms with E-state index in [0.717, 1.165) is 0 Å². The van der Waals surface area contributed by atoms with Crippen LogP contribution in [-0.2, 0) is 0 Å². The standard InChI is InChI=1S/C11H21N/c1-2-11-9-7-5-3-4-6-8-10-12-11/h2,11-12H,1,3-10H2. The topological polar surface area (TPSA) is 12.0 Å². The minimum Gasteiger partial charge on any atom is -0.311 e. The van der Waals surface area contributed by atoms with Crippen LogP contribution >= 0.6 is 0 Å². The highest BCUT2D eigenvalue weighted by atomic mass is 14.9. The first-order valence-electron chi connectivity index (χ1n) is 5.29. The van der Waals surface area contributed by atoms with Gasteiger partial charge in [-0.15, -0.1) is 6.58 Å². The van der Waals surface area contributed by atoms with Gasteiger partial charge in [0.2, 0.25) is 0 Å². The van der Waals surface area contributed by atoms with Crippen LogP contribution in [0.5, 0.6) is 0 Å².